The molecule has 1 aromatic carbocycles. The monoisotopic (exact) mass is 230 g/mol. The molecule has 0 bridgehead atoms. The second-order valence-electron chi connectivity index (χ2n) is 3.12. The summed E-state index contributed by atoms with van der Waals surface area (Å²) in [6.45, 7) is 5.83. The molecule has 1 rings (SSSR count). The number of hydrogen-bond acceptors (Lipinski definition) is 2. The molecular formula is C15H22N2. The topological polar surface area (TPSA) is 15.3 Å². The second kappa shape index (κ2) is 9.35. The summed E-state index contributed by atoms with van der Waals surface area (Å²) in [6.07, 6.45) is 3.79. The summed E-state index contributed by atoms with van der Waals surface area (Å²) in [5.74, 6) is 5.71. The fraction of sp³-hybridized carbons (Fsp3) is 0.333. The van der Waals surface area contributed by atoms with E-state index in [2.05, 4.69) is 29.3 Å². The zero-order chi connectivity index (χ0) is 13.1. The Kier molecular flexibility index (Phi) is 8.32. The molecule has 0 saturated carbocycles. The van der Waals surface area contributed by atoms with Gasteiger partial charge in [0.15, 0.2) is 0 Å². The standard InChI is InChI=1S/C13H16N2.C2H6/c1-4-5-6-11-15(3)13-9-7-12(14-2)8-10-13;1-2/h6-11,14H,1-3H3;1-2H3/b11-6-;. The second-order valence-corrected chi connectivity index (χ2v) is 3.12. The summed E-state index contributed by atoms with van der Waals surface area (Å²) >= 11 is 0. The van der Waals surface area contributed by atoms with Gasteiger partial charge in [-0.3, -0.25) is 0 Å². The van der Waals surface area contributed by atoms with Crippen LogP contribution in [0.5, 0.6) is 0 Å². The molecule has 0 aliphatic heterocycles. The van der Waals surface area contributed by atoms with Crippen LogP contribution in [0.4, 0.5) is 11.4 Å². The molecule has 0 aliphatic rings. The van der Waals surface area contributed by atoms with E-state index in [1.54, 1.807) is 0 Å². The van der Waals surface area contributed by atoms with E-state index in [0.29, 0.717) is 0 Å². The lowest BCUT2D eigenvalue weighted by molar-refractivity contribution is 1.20. The Labute approximate surface area is 105 Å². The zero-order valence-electron chi connectivity index (χ0n) is 11.4. The molecule has 0 amide bonds. The van der Waals surface area contributed by atoms with Crippen molar-refractivity contribution in [2.45, 2.75) is 20.8 Å². The molecule has 0 saturated heterocycles. The normalized spacial score (nSPS) is 8.76. The first-order valence-corrected chi connectivity index (χ1v) is 5.87. The minimum atomic E-state index is 1.12. The number of rotatable bonds is 3. The molecule has 0 aromatic heterocycles. The molecule has 0 radical (unpaired) electrons. The molecule has 0 aliphatic carbocycles. The van der Waals surface area contributed by atoms with Crippen LogP contribution in [0.1, 0.15) is 20.8 Å². The van der Waals surface area contributed by atoms with E-state index in [9.17, 15) is 0 Å². The van der Waals surface area contributed by atoms with Crippen LogP contribution in [0, 0.1) is 11.8 Å². The van der Waals surface area contributed by atoms with E-state index in [0.717, 1.165) is 11.4 Å². The van der Waals surface area contributed by atoms with Crippen LogP contribution in [-0.2, 0) is 0 Å². The summed E-state index contributed by atoms with van der Waals surface area (Å²) in [4.78, 5) is 2.03. The first-order valence-electron chi connectivity index (χ1n) is 5.87. The molecule has 1 N–H and O–H groups in total. The molecule has 2 nitrogen and oxygen atoms in total. The zero-order valence-corrected chi connectivity index (χ0v) is 11.4. The quantitative estimate of drug-likeness (QED) is 0.796. The fourth-order valence-corrected chi connectivity index (χ4v) is 1.18. The van der Waals surface area contributed by atoms with E-state index >= 15 is 0 Å². The Morgan fingerprint density at radius 2 is 1.76 bits per heavy atom. The Balaban J connectivity index is 0.00000121. The van der Waals surface area contributed by atoms with Crippen molar-refractivity contribution in [3.8, 4) is 11.8 Å². The fourth-order valence-electron chi connectivity index (χ4n) is 1.18. The van der Waals surface area contributed by atoms with Crippen LogP contribution < -0.4 is 10.2 Å². The average Bonchev–Trinajstić information content (AvgIpc) is 2.41. The maximum atomic E-state index is 3.09. The van der Waals surface area contributed by atoms with Crippen LogP contribution >= 0.6 is 0 Å². The molecular weight excluding hydrogens is 208 g/mol. The van der Waals surface area contributed by atoms with Gasteiger partial charge in [-0.25, -0.2) is 0 Å². The molecule has 0 atom stereocenters. The molecule has 0 heterocycles. The first kappa shape index (κ1) is 15.1. The summed E-state index contributed by atoms with van der Waals surface area (Å²) in [5.41, 5.74) is 2.26. The van der Waals surface area contributed by atoms with Gasteiger partial charge < -0.3 is 10.2 Å². The summed E-state index contributed by atoms with van der Waals surface area (Å²) in [7, 11) is 3.91. The van der Waals surface area contributed by atoms with E-state index in [4.69, 9.17) is 0 Å². The summed E-state index contributed by atoms with van der Waals surface area (Å²) < 4.78 is 0. The van der Waals surface area contributed by atoms with Gasteiger partial charge in [-0.15, -0.1) is 5.92 Å². The molecule has 17 heavy (non-hydrogen) atoms. The van der Waals surface area contributed by atoms with Gasteiger partial charge in [-0.1, -0.05) is 19.8 Å². The van der Waals surface area contributed by atoms with Crippen molar-refractivity contribution in [3.63, 3.8) is 0 Å². The lowest BCUT2D eigenvalue weighted by atomic mass is 10.2. The molecule has 1 aromatic rings. The van der Waals surface area contributed by atoms with Crippen LogP contribution in [0.3, 0.4) is 0 Å². The van der Waals surface area contributed by atoms with Crippen LogP contribution in [0.15, 0.2) is 36.5 Å². The molecule has 0 unspecified atom stereocenters. The van der Waals surface area contributed by atoms with Gasteiger partial charge in [0.05, 0.1) is 0 Å². The van der Waals surface area contributed by atoms with Gasteiger partial charge in [0.25, 0.3) is 0 Å². The van der Waals surface area contributed by atoms with E-state index in [1.807, 2.05) is 64.2 Å². The molecule has 0 spiro atoms. The largest absolute Gasteiger partial charge is 0.388 e. The molecule has 2 heteroatoms. The smallest absolute Gasteiger partial charge is 0.0405 e. The third-order valence-corrected chi connectivity index (χ3v) is 2.09. The van der Waals surface area contributed by atoms with Crippen molar-refractivity contribution >= 4 is 11.4 Å². The maximum absolute atomic E-state index is 3.09. The number of nitrogens with one attached hydrogen (secondary N) is 1. The van der Waals surface area contributed by atoms with Crippen molar-refractivity contribution in [3.05, 3.63) is 36.5 Å². The maximum Gasteiger partial charge on any atom is 0.0405 e. The van der Waals surface area contributed by atoms with Gasteiger partial charge in [-0.2, -0.15) is 0 Å². The van der Waals surface area contributed by atoms with E-state index in [-0.39, 0.29) is 0 Å². The van der Waals surface area contributed by atoms with Crippen molar-refractivity contribution in [2.24, 2.45) is 0 Å². The minimum absolute atomic E-state index is 1.12. The van der Waals surface area contributed by atoms with Gasteiger partial charge >= 0.3 is 0 Å². The predicted molar refractivity (Wildman–Crippen MR) is 78.3 cm³/mol. The average molecular weight is 230 g/mol. The highest BCUT2D eigenvalue weighted by Gasteiger charge is 1.95. The van der Waals surface area contributed by atoms with Crippen molar-refractivity contribution in [2.75, 3.05) is 24.3 Å². The van der Waals surface area contributed by atoms with Crippen molar-refractivity contribution in [1.29, 1.82) is 0 Å². The molecule has 0 fully saturated rings. The highest BCUT2D eigenvalue weighted by atomic mass is 15.1. The Hall–Kier alpha value is -1.88. The van der Waals surface area contributed by atoms with Gasteiger partial charge in [0.1, 0.15) is 0 Å². The minimum Gasteiger partial charge on any atom is -0.388 e. The number of allylic oxidation sites excluding steroid dienone is 1. The summed E-state index contributed by atoms with van der Waals surface area (Å²) in [5, 5.41) is 3.09. The third kappa shape index (κ3) is 5.67. The SMILES string of the molecule is CC.CC#C/C=C\N(C)c1ccc(NC)cc1. The van der Waals surface area contributed by atoms with Crippen molar-refractivity contribution < 1.29 is 0 Å². The lowest BCUT2D eigenvalue weighted by Crippen LogP contribution is -2.07. The van der Waals surface area contributed by atoms with Crippen LogP contribution in [0.25, 0.3) is 0 Å². The number of anilines is 2. The highest BCUT2D eigenvalue weighted by Crippen LogP contribution is 2.16. The predicted octanol–water partition coefficient (Wildman–Crippen LogP) is 3.73. The number of nitrogens with zero attached hydrogens (tertiary/aromatic N) is 1. The van der Waals surface area contributed by atoms with Gasteiger partial charge in [-0.05, 0) is 31.2 Å². The Bertz CT molecular complexity index is 380. The summed E-state index contributed by atoms with van der Waals surface area (Å²) in [6, 6.07) is 8.22. The van der Waals surface area contributed by atoms with E-state index < -0.39 is 0 Å². The van der Waals surface area contributed by atoms with Gasteiger partial charge in [0, 0.05) is 37.7 Å². The van der Waals surface area contributed by atoms with Crippen LogP contribution in [0.2, 0.25) is 0 Å². The highest BCUT2D eigenvalue weighted by molar-refractivity contribution is 5.56. The van der Waals surface area contributed by atoms with E-state index in [1.165, 1.54) is 0 Å². The Morgan fingerprint density at radius 1 is 1.18 bits per heavy atom. The number of hydrogen-bond donors (Lipinski definition) is 1. The third-order valence-electron chi connectivity index (χ3n) is 2.09. The lowest BCUT2D eigenvalue weighted by Gasteiger charge is -2.13. The molecule has 92 valence electrons. The van der Waals surface area contributed by atoms with Crippen LogP contribution in [-0.4, -0.2) is 14.1 Å². The first-order chi connectivity index (χ1) is 8.27. The van der Waals surface area contributed by atoms with Crippen molar-refractivity contribution in [1.82, 2.24) is 0 Å². The Morgan fingerprint density at radius 3 is 2.24 bits per heavy atom. The number of benzene rings is 1. The van der Waals surface area contributed by atoms with Gasteiger partial charge in [0.2, 0.25) is 0 Å².